The van der Waals surface area contributed by atoms with Crippen molar-refractivity contribution in [2.75, 3.05) is 51.8 Å². The number of nitrogens with zero attached hydrogens (tertiary/aromatic N) is 2. The van der Waals surface area contributed by atoms with Gasteiger partial charge in [0.25, 0.3) is 0 Å². The molecule has 0 saturated carbocycles. The Morgan fingerprint density at radius 1 is 1.26 bits per heavy atom. The van der Waals surface area contributed by atoms with E-state index in [-0.39, 0.29) is 24.2 Å². The third kappa shape index (κ3) is 5.61. The first kappa shape index (κ1) is 17.4. The molecule has 0 unspecified atom stereocenters. The molecular formula is C16H22FN3O3. The fourth-order valence-electron chi connectivity index (χ4n) is 2.49. The predicted molar refractivity (Wildman–Crippen MR) is 84.5 cm³/mol. The summed E-state index contributed by atoms with van der Waals surface area (Å²) in [6.45, 7) is 3.50. The number of piperazine rings is 1. The SMILES string of the molecule is COCC(=O)N1CCN(CCC(=O)Nc2cccc(F)c2)CC1. The second-order valence-corrected chi connectivity index (χ2v) is 5.46. The highest BCUT2D eigenvalue weighted by Gasteiger charge is 2.21. The molecule has 1 saturated heterocycles. The first-order valence-electron chi connectivity index (χ1n) is 7.63. The maximum atomic E-state index is 13.1. The minimum Gasteiger partial charge on any atom is -0.375 e. The van der Waals surface area contributed by atoms with Crippen LogP contribution in [0, 0.1) is 5.82 Å². The van der Waals surface area contributed by atoms with Crippen molar-refractivity contribution < 1.29 is 18.7 Å². The standard InChI is InChI=1S/C16H22FN3O3/c1-23-12-16(22)20-9-7-19(8-10-20)6-5-15(21)18-14-4-2-3-13(17)11-14/h2-4,11H,5-10,12H2,1H3,(H,18,21). The van der Waals surface area contributed by atoms with Crippen LogP contribution in [0.15, 0.2) is 24.3 Å². The van der Waals surface area contributed by atoms with Gasteiger partial charge in [0.15, 0.2) is 0 Å². The number of rotatable bonds is 6. The molecule has 1 heterocycles. The van der Waals surface area contributed by atoms with Gasteiger partial charge in [-0.1, -0.05) is 6.07 Å². The Morgan fingerprint density at radius 2 is 2.00 bits per heavy atom. The Bertz CT molecular complexity index is 545. The number of benzene rings is 1. The van der Waals surface area contributed by atoms with Crippen LogP contribution in [0.4, 0.5) is 10.1 Å². The van der Waals surface area contributed by atoms with Gasteiger partial charge in [0.2, 0.25) is 11.8 Å². The van der Waals surface area contributed by atoms with E-state index < -0.39 is 0 Å². The maximum Gasteiger partial charge on any atom is 0.248 e. The van der Waals surface area contributed by atoms with Gasteiger partial charge in [0.1, 0.15) is 12.4 Å². The summed E-state index contributed by atoms with van der Waals surface area (Å²) < 4.78 is 17.9. The lowest BCUT2D eigenvalue weighted by Gasteiger charge is -2.34. The van der Waals surface area contributed by atoms with E-state index in [1.165, 1.54) is 19.2 Å². The number of anilines is 1. The third-order valence-corrected chi connectivity index (χ3v) is 3.76. The molecule has 23 heavy (non-hydrogen) atoms. The van der Waals surface area contributed by atoms with Crippen LogP contribution in [-0.2, 0) is 14.3 Å². The minimum absolute atomic E-state index is 0.00371. The molecule has 0 radical (unpaired) electrons. The highest BCUT2D eigenvalue weighted by atomic mass is 19.1. The number of amides is 2. The second kappa shape index (κ2) is 8.59. The molecule has 7 heteroatoms. The smallest absolute Gasteiger partial charge is 0.248 e. The van der Waals surface area contributed by atoms with Crippen LogP contribution < -0.4 is 5.32 Å². The van der Waals surface area contributed by atoms with Gasteiger partial charge in [-0.05, 0) is 18.2 Å². The van der Waals surface area contributed by atoms with E-state index in [0.29, 0.717) is 31.7 Å². The number of carbonyl (C=O) groups is 2. The molecule has 2 amide bonds. The summed E-state index contributed by atoms with van der Waals surface area (Å²) in [7, 11) is 1.51. The van der Waals surface area contributed by atoms with Gasteiger partial charge in [-0.25, -0.2) is 4.39 Å². The molecule has 126 valence electrons. The van der Waals surface area contributed by atoms with Gasteiger partial charge in [-0.3, -0.25) is 14.5 Å². The largest absolute Gasteiger partial charge is 0.375 e. The molecule has 0 atom stereocenters. The normalized spacial score (nSPS) is 15.5. The lowest BCUT2D eigenvalue weighted by molar-refractivity contribution is -0.137. The van der Waals surface area contributed by atoms with Gasteiger partial charge in [0.05, 0.1) is 0 Å². The first-order chi connectivity index (χ1) is 11.1. The molecule has 1 aromatic carbocycles. The summed E-state index contributed by atoms with van der Waals surface area (Å²) in [5.41, 5.74) is 0.463. The zero-order chi connectivity index (χ0) is 16.7. The molecule has 0 aliphatic carbocycles. The summed E-state index contributed by atoms with van der Waals surface area (Å²) >= 11 is 0. The minimum atomic E-state index is -0.375. The van der Waals surface area contributed by atoms with E-state index in [0.717, 1.165) is 13.1 Å². The number of carbonyl (C=O) groups excluding carboxylic acids is 2. The number of halogens is 1. The number of hydrogen-bond donors (Lipinski definition) is 1. The second-order valence-electron chi connectivity index (χ2n) is 5.46. The van der Waals surface area contributed by atoms with Gasteiger partial charge in [-0.2, -0.15) is 0 Å². The Morgan fingerprint density at radius 3 is 2.65 bits per heavy atom. The van der Waals surface area contributed by atoms with E-state index in [1.54, 1.807) is 17.0 Å². The van der Waals surface area contributed by atoms with E-state index in [2.05, 4.69) is 10.2 Å². The van der Waals surface area contributed by atoms with Gasteiger partial charge >= 0.3 is 0 Å². The average molecular weight is 323 g/mol. The molecule has 0 aromatic heterocycles. The van der Waals surface area contributed by atoms with Gasteiger partial charge in [0, 0.05) is 51.9 Å². The topological polar surface area (TPSA) is 61.9 Å². The summed E-state index contributed by atoms with van der Waals surface area (Å²) in [4.78, 5) is 27.5. The molecule has 6 nitrogen and oxygen atoms in total. The van der Waals surface area contributed by atoms with Crippen LogP contribution in [0.1, 0.15) is 6.42 Å². The summed E-state index contributed by atoms with van der Waals surface area (Å²) in [6.07, 6.45) is 0.336. The van der Waals surface area contributed by atoms with E-state index in [4.69, 9.17) is 4.74 Å². The molecule has 1 aliphatic rings. The highest BCUT2D eigenvalue weighted by molar-refractivity contribution is 5.90. The Hall–Kier alpha value is -1.99. The van der Waals surface area contributed by atoms with Crippen molar-refractivity contribution in [3.8, 4) is 0 Å². The van der Waals surface area contributed by atoms with Gasteiger partial charge < -0.3 is 15.0 Å². The molecule has 1 fully saturated rings. The maximum absolute atomic E-state index is 13.1. The molecule has 2 rings (SSSR count). The lowest BCUT2D eigenvalue weighted by Crippen LogP contribution is -2.50. The van der Waals surface area contributed by atoms with Crippen molar-refractivity contribution in [3.63, 3.8) is 0 Å². The van der Waals surface area contributed by atoms with Crippen LogP contribution in [0.2, 0.25) is 0 Å². The third-order valence-electron chi connectivity index (χ3n) is 3.76. The Labute approximate surface area is 135 Å². The van der Waals surface area contributed by atoms with Crippen LogP contribution in [-0.4, -0.2) is 68.1 Å². The predicted octanol–water partition coefficient (Wildman–Crippen LogP) is 0.945. The lowest BCUT2D eigenvalue weighted by atomic mass is 10.2. The average Bonchev–Trinajstić information content (AvgIpc) is 2.54. The van der Waals surface area contributed by atoms with E-state index >= 15 is 0 Å². The van der Waals surface area contributed by atoms with Crippen molar-refractivity contribution in [2.45, 2.75) is 6.42 Å². The molecule has 0 spiro atoms. The van der Waals surface area contributed by atoms with Crippen molar-refractivity contribution in [3.05, 3.63) is 30.1 Å². The summed E-state index contributed by atoms with van der Waals surface area (Å²) in [5, 5.41) is 2.68. The van der Waals surface area contributed by atoms with E-state index in [1.807, 2.05) is 0 Å². The number of ether oxygens (including phenoxy) is 1. The number of nitrogens with one attached hydrogen (secondary N) is 1. The van der Waals surface area contributed by atoms with Crippen LogP contribution in [0.25, 0.3) is 0 Å². The zero-order valence-corrected chi connectivity index (χ0v) is 13.3. The highest BCUT2D eigenvalue weighted by Crippen LogP contribution is 2.10. The fourth-order valence-corrected chi connectivity index (χ4v) is 2.49. The van der Waals surface area contributed by atoms with Crippen LogP contribution >= 0.6 is 0 Å². The number of hydrogen-bond acceptors (Lipinski definition) is 4. The van der Waals surface area contributed by atoms with E-state index in [9.17, 15) is 14.0 Å². The van der Waals surface area contributed by atoms with Crippen molar-refractivity contribution in [2.24, 2.45) is 0 Å². The summed E-state index contributed by atoms with van der Waals surface area (Å²) in [5.74, 6) is -0.524. The van der Waals surface area contributed by atoms with Crippen LogP contribution in [0.5, 0.6) is 0 Å². The Balaban J connectivity index is 1.69. The number of methoxy groups -OCH3 is 1. The monoisotopic (exact) mass is 323 g/mol. The molecule has 1 aliphatic heterocycles. The van der Waals surface area contributed by atoms with Crippen molar-refractivity contribution >= 4 is 17.5 Å². The fraction of sp³-hybridized carbons (Fsp3) is 0.500. The molecular weight excluding hydrogens is 301 g/mol. The Kier molecular flexibility index (Phi) is 6.49. The molecule has 0 bridgehead atoms. The molecule has 1 N–H and O–H groups in total. The zero-order valence-electron chi connectivity index (χ0n) is 13.3. The first-order valence-corrected chi connectivity index (χ1v) is 7.63. The van der Waals surface area contributed by atoms with Gasteiger partial charge in [-0.15, -0.1) is 0 Å². The summed E-state index contributed by atoms with van der Waals surface area (Å²) in [6, 6.07) is 5.83. The van der Waals surface area contributed by atoms with Crippen molar-refractivity contribution in [1.29, 1.82) is 0 Å². The molecule has 1 aromatic rings. The van der Waals surface area contributed by atoms with Crippen molar-refractivity contribution in [1.82, 2.24) is 9.80 Å². The van der Waals surface area contributed by atoms with Crippen LogP contribution in [0.3, 0.4) is 0 Å². The quantitative estimate of drug-likeness (QED) is 0.846.